The van der Waals surface area contributed by atoms with Crippen molar-refractivity contribution in [2.45, 2.75) is 0 Å². The van der Waals surface area contributed by atoms with Gasteiger partial charge in [-0.05, 0) is 42.5 Å². The number of carbonyl (C=O) groups is 1. The molecule has 0 radical (unpaired) electrons. The quantitative estimate of drug-likeness (QED) is 0.728. The fourth-order valence-corrected chi connectivity index (χ4v) is 1.77. The highest BCUT2D eigenvalue weighted by Gasteiger charge is 2.10. The summed E-state index contributed by atoms with van der Waals surface area (Å²) in [5.74, 6) is 0.763. The number of hydrogen-bond acceptors (Lipinski definition) is 6. The van der Waals surface area contributed by atoms with Crippen LogP contribution in [-0.4, -0.2) is 15.9 Å². The van der Waals surface area contributed by atoms with E-state index >= 15 is 0 Å². The Morgan fingerprint density at radius 1 is 0.826 bits per heavy atom. The number of hydrogen-bond donors (Lipinski definition) is 1. The van der Waals surface area contributed by atoms with E-state index in [0.29, 0.717) is 11.4 Å². The van der Waals surface area contributed by atoms with Gasteiger partial charge in [-0.15, -0.1) is 0 Å². The van der Waals surface area contributed by atoms with E-state index < -0.39 is 5.97 Å². The van der Waals surface area contributed by atoms with Gasteiger partial charge in [-0.2, -0.15) is 0 Å². The summed E-state index contributed by atoms with van der Waals surface area (Å²) in [6.07, 6.45) is 2.94. The van der Waals surface area contributed by atoms with Gasteiger partial charge in [-0.3, -0.25) is 0 Å². The first-order chi connectivity index (χ1) is 11.3. The maximum Gasteiger partial charge on any atom is 0.400 e. The fourth-order valence-electron chi connectivity index (χ4n) is 1.77. The zero-order valence-electron chi connectivity index (χ0n) is 12.0. The zero-order valence-corrected chi connectivity index (χ0v) is 12.0. The van der Waals surface area contributed by atoms with Crippen LogP contribution in [0.4, 0.5) is 5.69 Å². The molecule has 0 unspecified atom stereocenters. The van der Waals surface area contributed by atoms with E-state index in [2.05, 4.69) is 15.4 Å². The Hall–Kier alpha value is -3.41. The molecule has 6 heteroatoms. The van der Waals surface area contributed by atoms with E-state index in [1.54, 1.807) is 30.3 Å². The van der Waals surface area contributed by atoms with Crippen LogP contribution in [0.2, 0.25) is 0 Å². The van der Waals surface area contributed by atoms with Crippen molar-refractivity contribution in [3.8, 4) is 11.5 Å². The summed E-state index contributed by atoms with van der Waals surface area (Å²) in [7, 11) is 0. The second-order valence-electron chi connectivity index (χ2n) is 4.50. The van der Waals surface area contributed by atoms with Gasteiger partial charge in [0.2, 0.25) is 5.82 Å². The topological polar surface area (TPSA) is 73.3 Å². The van der Waals surface area contributed by atoms with Crippen LogP contribution in [0.5, 0.6) is 11.5 Å². The predicted octanol–water partition coefficient (Wildman–Crippen LogP) is 3.45. The molecule has 0 spiro atoms. The van der Waals surface area contributed by atoms with Crippen molar-refractivity contribution < 1.29 is 14.4 Å². The Bertz CT molecular complexity index is 762. The standard InChI is InChI=1S/C17H13N3O3/c21-17(16-18-11-4-12-19-16)23-20-13-7-9-15(10-8-13)22-14-5-2-1-3-6-14/h1-12,20H. The lowest BCUT2D eigenvalue weighted by atomic mass is 10.3. The summed E-state index contributed by atoms with van der Waals surface area (Å²) in [5, 5.41) is 0. The number of rotatable bonds is 5. The molecule has 0 atom stereocenters. The third kappa shape index (κ3) is 4.04. The highest BCUT2D eigenvalue weighted by Crippen LogP contribution is 2.22. The maximum atomic E-state index is 11.7. The smallest absolute Gasteiger partial charge is 0.400 e. The molecule has 0 bridgehead atoms. The van der Waals surface area contributed by atoms with Gasteiger partial charge < -0.3 is 9.57 Å². The van der Waals surface area contributed by atoms with Crippen molar-refractivity contribution in [2.24, 2.45) is 0 Å². The molecular weight excluding hydrogens is 294 g/mol. The largest absolute Gasteiger partial charge is 0.457 e. The maximum absolute atomic E-state index is 11.7. The number of anilines is 1. The Morgan fingerprint density at radius 2 is 1.48 bits per heavy atom. The molecule has 23 heavy (non-hydrogen) atoms. The van der Waals surface area contributed by atoms with Crippen LogP contribution in [0.15, 0.2) is 73.1 Å². The van der Waals surface area contributed by atoms with Crippen molar-refractivity contribution in [2.75, 3.05) is 5.48 Å². The molecule has 0 saturated heterocycles. The van der Waals surface area contributed by atoms with Gasteiger partial charge in [0.1, 0.15) is 11.5 Å². The number of nitrogens with one attached hydrogen (secondary N) is 1. The van der Waals surface area contributed by atoms with E-state index in [9.17, 15) is 4.79 Å². The molecule has 6 nitrogen and oxygen atoms in total. The SMILES string of the molecule is O=C(ONc1ccc(Oc2ccccc2)cc1)c1ncccn1. The average Bonchev–Trinajstić information content (AvgIpc) is 2.62. The fraction of sp³-hybridized carbons (Fsp3) is 0. The summed E-state index contributed by atoms with van der Waals surface area (Å²) in [6.45, 7) is 0. The molecule has 0 saturated carbocycles. The minimum Gasteiger partial charge on any atom is -0.457 e. The molecule has 2 aromatic carbocycles. The van der Waals surface area contributed by atoms with Crippen LogP contribution in [0, 0.1) is 0 Å². The lowest BCUT2D eigenvalue weighted by Gasteiger charge is -2.08. The zero-order chi connectivity index (χ0) is 15.9. The molecular formula is C17H13N3O3. The van der Waals surface area contributed by atoms with Gasteiger partial charge in [-0.1, -0.05) is 18.2 Å². The first kappa shape index (κ1) is 14.5. The van der Waals surface area contributed by atoms with Gasteiger partial charge in [0.15, 0.2) is 0 Å². The Balaban J connectivity index is 1.56. The highest BCUT2D eigenvalue weighted by atomic mass is 16.7. The van der Waals surface area contributed by atoms with Crippen molar-refractivity contribution in [1.82, 2.24) is 9.97 Å². The van der Waals surface area contributed by atoms with Crippen LogP contribution >= 0.6 is 0 Å². The van der Waals surface area contributed by atoms with E-state index in [1.165, 1.54) is 12.4 Å². The molecule has 0 aliphatic rings. The molecule has 0 aliphatic carbocycles. The second kappa shape index (κ2) is 7.04. The van der Waals surface area contributed by atoms with Crippen LogP contribution < -0.4 is 10.2 Å². The predicted molar refractivity (Wildman–Crippen MR) is 84.0 cm³/mol. The molecule has 3 rings (SSSR count). The third-order valence-corrected chi connectivity index (χ3v) is 2.84. The van der Waals surface area contributed by atoms with Crippen LogP contribution in [0.3, 0.4) is 0 Å². The molecule has 114 valence electrons. The molecule has 0 aliphatic heterocycles. The molecule has 0 fully saturated rings. The lowest BCUT2D eigenvalue weighted by molar-refractivity contribution is 0.0582. The molecule has 0 amide bonds. The Morgan fingerprint density at radius 3 is 2.17 bits per heavy atom. The van der Waals surface area contributed by atoms with E-state index in [4.69, 9.17) is 9.57 Å². The molecule has 1 N–H and O–H groups in total. The third-order valence-electron chi connectivity index (χ3n) is 2.84. The lowest BCUT2D eigenvalue weighted by Crippen LogP contribution is -2.13. The summed E-state index contributed by atoms with van der Waals surface area (Å²) in [6, 6.07) is 18.1. The second-order valence-corrected chi connectivity index (χ2v) is 4.50. The van der Waals surface area contributed by atoms with Gasteiger partial charge in [0.05, 0.1) is 5.69 Å². The van der Waals surface area contributed by atoms with Crippen molar-refractivity contribution in [1.29, 1.82) is 0 Å². The minimum atomic E-state index is -0.657. The van der Waals surface area contributed by atoms with Crippen LogP contribution in [0.1, 0.15) is 10.6 Å². The summed E-state index contributed by atoms with van der Waals surface area (Å²) >= 11 is 0. The first-order valence-corrected chi connectivity index (χ1v) is 6.88. The monoisotopic (exact) mass is 307 g/mol. The Labute approximate surface area is 132 Å². The van der Waals surface area contributed by atoms with Gasteiger partial charge in [0, 0.05) is 12.4 Å². The summed E-state index contributed by atoms with van der Waals surface area (Å²) in [4.78, 5) is 24.2. The van der Waals surface area contributed by atoms with Crippen molar-refractivity contribution in [3.05, 3.63) is 78.9 Å². The molecule has 1 heterocycles. The van der Waals surface area contributed by atoms with E-state index in [1.807, 2.05) is 30.3 Å². The number of carbonyl (C=O) groups excluding carboxylic acids is 1. The Kier molecular flexibility index (Phi) is 4.44. The minimum absolute atomic E-state index is 0.0102. The first-order valence-electron chi connectivity index (χ1n) is 6.88. The van der Waals surface area contributed by atoms with E-state index in [-0.39, 0.29) is 5.82 Å². The summed E-state index contributed by atoms with van der Waals surface area (Å²) in [5.41, 5.74) is 3.16. The number of benzene rings is 2. The molecule has 3 aromatic rings. The molecule has 1 aromatic heterocycles. The van der Waals surface area contributed by atoms with Crippen molar-refractivity contribution in [3.63, 3.8) is 0 Å². The number of ether oxygens (including phenoxy) is 1. The van der Waals surface area contributed by atoms with Crippen molar-refractivity contribution >= 4 is 11.7 Å². The summed E-state index contributed by atoms with van der Waals surface area (Å²) < 4.78 is 5.67. The van der Waals surface area contributed by atoms with Crippen LogP contribution in [0.25, 0.3) is 0 Å². The van der Waals surface area contributed by atoms with Gasteiger partial charge in [-0.25, -0.2) is 20.2 Å². The van der Waals surface area contributed by atoms with Crippen LogP contribution in [-0.2, 0) is 4.84 Å². The number of para-hydroxylation sites is 1. The number of aromatic nitrogens is 2. The van der Waals surface area contributed by atoms with E-state index in [0.717, 1.165) is 5.75 Å². The van der Waals surface area contributed by atoms with Gasteiger partial charge in [0.25, 0.3) is 0 Å². The average molecular weight is 307 g/mol. The van der Waals surface area contributed by atoms with Gasteiger partial charge >= 0.3 is 5.97 Å². The normalized spacial score (nSPS) is 9.91. The highest BCUT2D eigenvalue weighted by molar-refractivity contribution is 5.85. The number of nitrogens with zero attached hydrogens (tertiary/aromatic N) is 2.